The van der Waals surface area contributed by atoms with Crippen molar-refractivity contribution in [3.8, 4) is 0 Å². The van der Waals surface area contributed by atoms with Crippen molar-refractivity contribution >= 4 is 49.5 Å². The summed E-state index contributed by atoms with van der Waals surface area (Å²) < 4.78 is 1.62. The minimum absolute atomic E-state index is 0.151. The van der Waals surface area contributed by atoms with E-state index in [1.807, 2.05) is 0 Å². The molecule has 1 aromatic carbocycles. The molecular weight excluding hydrogens is 380 g/mol. The number of carbonyl (C=O) groups is 2. The maximum Gasteiger partial charge on any atom is 0.319 e. The van der Waals surface area contributed by atoms with E-state index in [1.54, 1.807) is 32.0 Å². The fraction of sp³-hybridized carbons (Fsp3) is 0.333. The molecule has 0 aliphatic heterocycles. The van der Waals surface area contributed by atoms with Crippen LogP contribution in [0.15, 0.2) is 27.1 Å². The van der Waals surface area contributed by atoms with Gasteiger partial charge >= 0.3 is 12.0 Å². The lowest BCUT2D eigenvalue weighted by molar-refractivity contribution is -0.138. The van der Waals surface area contributed by atoms with Gasteiger partial charge in [0.1, 0.15) is 0 Å². The topological polar surface area (TPSA) is 78.4 Å². The number of carbonyl (C=O) groups excluding carboxylic acids is 1. The number of halogens is 2. The Morgan fingerprint density at radius 3 is 2.47 bits per heavy atom. The van der Waals surface area contributed by atoms with E-state index in [4.69, 9.17) is 5.11 Å². The second-order valence-corrected chi connectivity index (χ2v) is 6.43. The van der Waals surface area contributed by atoms with Gasteiger partial charge in [-0.05, 0) is 48.0 Å². The van der Waals surface area contributed by atoms with Crippen LogP contribution in [0.25, 0.3) is 0 Å². The predicted molar refractivity (Wildman–Crippen MR) is 80.3 cm³/mol. The zero-order valence-corrected chi connectivity index (χ0v) is 13.6. The molecular formula is C12H14Br2N2O3. The van der Waals surface area contributed by atoms with E-state index < -0.39 is 17.5 Å². The molecule has 104 valence electrons. The first-order valence-electron chi connectivity index (χ1n) is 5.45. The molecule has 0 unspecified atom stereocenters. The molecule has 0 spiro atoms. The van der Waals surface area contributed by atoms with E-state index in [0.717, 1.165) is 8.95 Å². The highest BCUT2D eigenvalue weighted by Gasteiger charge is 2.24. The molecule has 0 aliphatic carbocycles. The summed E-state index contributed by atoms with van der Waals surface area (Å²) in [5, 5.41) is 14.0. The first kappa shape index (κ1) is 16.0. The molecule has 0 saturated carbocycles. The maximum absolute atomic E-state index is 11.8. The molecule has 0 atom stereocenters. The van der Waals surface area contributed by atoms with Gasteiger partial charge in [0.05, 0.1) is 12.1 Å². The zero-order valence-electron chi connectivity index (χ0n) is 10.5. The number of nitrogens with one attached hydrogen (secondary N) is 2. The molecule has 5 nitrogen and oxygen atoms in total. The molecule has 1 rings (SSSR count). The van der Waals surface area contributed by atoms with E-state index in [-0.39, 0.29) is 6.42 Å². The molecule has 19 heavy (non-hydrogen) atoms. The van der Waals surface area contributed by atoms with Crippen molar-refractivity contribution in [1.29, 1.82) is 0 Å². The van der Waals surface area contributed by atoms with E-state index >= 15 is 0 Å². The summed E-state index contributed by atoms with van der Waals surface area (Å²) in [4.78, 5) is 22.5. The normalized spacial score (nSPS) is 10.9. The van der Waals surface area contributed by atoms with Gasteiger partial charge in [0.25, 0.3) is 0 Å². The van der Waals surface area contributed by atoms with E-state index in [1.165, 1.54) is 0 Å². The first-order valence-corrected chi connectivity index (χ1v) is 7.04. The molecule has 0 aromatic heterocycles. The quantitative estimate of drug-likeness (QED) is 0.731. The van der Waals surface area contributed by atoms with Crippen LogP contribution in [-0.2, 0) is 4.79 Å². The number of carboxylic acid groups (broad SMARTS) is 1. The smallest absolute Gasteiger partial charge is 0.319 e. The van der Waals surface area contributed by atoms with Gasteiger partial charge in [-0.15, -0.1) is 0 Å². The fourth-order valence-corrected chi connectivity index (χ4v) is 2.62. The Bertz CT molecular complexity index is 504. The highest BCUT2D eigenvalue weighted by atomic mass is 79.9. The first-order chi connectivity index (χ1) is 8.69. The average molecular weight is 394 g/mol. The Balaban J connectivity index is 2.67. The Labute approximate surface area is 128 Å². The molecule has 1 aromatic rings. The van der Waals surface area contributed by atoms with Crippen LogP contribution in [0.2, 0.25) is 0 Å². The Morgan fingerprint density at radius 2 is 1.95 bits per heavy atom. The lowest BCUT2D eigenvalue weighted by Crippen LogP contribution is -2.46. The SMILES string of the molecule is CC(C)(CC(=O)O)NC(=O)Nc1ccc(Br)cc1Br. The predicted octanol–water partition coefficient (Wildman–Crippen LogP) is 3.59. The number of amides is 2. The van der Waals surface area contributed by atoms with Crippen LogP contribution < -0.4 is 10.6 Å². The largest absolute Gasteiger partial charge is 0.481 e. The Morgan fingerprint density at radius 1 is 1.32 bits per heavy atom. The summed E-state index contributed by atoms with van der Waals surface area (Å²) in [7, 11) is 0. The third-order valence-corrected chi connectivity index (χ3v) is 3.37. The summed E-state index contributed by atoms with van der Waals surface area (Å²) in [5.41, 5.74) is -0.218. The Hall–Kier alpha value is -1.08. The number of carboxylic acids is 1. The summed E-state index contributed by atoms with van der Waals surface area (Å²) in [6.45, 7) is 3.30. The lowest BCUT2D eigenvalue weighted by Gasteiger charge is -2.24. The van der Waals surface area contributed by atoms with Crippen molar-refractivity contribution < 1.29 is 14.7 Å². The van der Waals surface area contributed by atoms with Crippen molar-refractivity contribution in [1.82, 2.24) is 5.32 Å². The number of hydrogen-bond donors (Lipinski definition) is 3. The Kier molecular flexibility index (Phi) is 5.37. The molecule has 7 heteroatoms. The van der Waals surface area contributed by atoms with Crippen molar-refractivity contribution in [3.63, 3.8) is 0 Å². The number of benzene rings is 1. The van der Waals surface area contributed by atoms with Gasteiger partial charge in [0, 0.05) is 14.5 Å². The van der Waals surface area contributed by atoms with E-state index in [2.05, 4.69) is 42.5 Å². The van der Waals surface area contributed by atoms with Gasteiger partial charge in [-0.3, -0.25) is 4.79 Å². The molecule has 0 radical (unpaired) electrons. The molecule has 0 fully saturated rings. The molecule has 0 saturated heterocycles. The van der Waals surface area contributed by atoms with Crippen LogP contribution in [0.1, 0.15) is 20.3 Å². The van der Waals surface area contributed by atoms with Crippen LogP contribution in [0.4, 0.5) is 10.5 Å². The summed E-state index contributed by atoms with van der Waals surface area (Å²) >= 11 is 6.64. The second kappa shape index (κ2) is 6.38. The summed E-state index contributed by atoms with van der Waals surface area (Å²) in [6, 6.07) is 4.88. The lowest BCUT2D eigenvalue weighted by atomic mass is 10.0. The van der Waals surface area contributed by atoms with Gasteiger partial charge < -0.3 is 15.7 Å². The van der Waals surface area contributed by atoms with Gasteiger partial charge in [0.15, 0.2) is 0 Å². The van der Waals surface area contributed by atoms with Gasteiger partial charge in [-0.1, -0.05) is 15.9 Å². The van der Waals surface area contributed by atoms with Crippen LogP contribution in [0.5, 0.6) is 0 Å². The molecule has 0 heterocycles. The fourth-order valence-electron chi connectivity index (χ4n) is 1.47. The van der Waals surface area contributed by atoms with Gasteiger partial charge in [0.2, 0.25) is 0 Å². The number of aliphatic carboxylic acids is 1. The minimum Gasteiger partial charge on any atom is -0.481 e. The highest BCUT2D eigenvalue weighted by Crippen LogP contribution is 2.26. The van der Waals surface area contributed by atoms with Gasteiger partial charge in [-0.2, -0.15) is 0 Å². The molecule has 0 bridgehead atoms. The third kappa shape index (κ3) is 5.61. The van der Waals surface area contributed by atoms with Crippen LogP contribution in [0.3, 0.4) is 0 Å². The minimum atomic E-state index is -0.963. The van der Waals surface area contributed by atoms with E-state index in [0.29, 0.717) is 5.69 Å². The number of rotatable bonds is 4. The number of urea groups is 1. The number of hydrogen-bond acceptors (Lipinski definition) is 2. The van der Waals surface area contributed by atoms with Gasteiger partial charge in [-0.25, -0.2) is 4.79 Å². The van der Waals surface area contributed by atoms with Crippen LogP contribution >= 0.6 is 31.9 Å². The van der Waals surface area contributed by atoms with Crippen molar-refractivity contribution in [2.45, 2.75) is 25.8 Å². The molecule has 3 N–H and O–H groups in total. The summed E-state index contributed by atoms with van der Waals surface area (Å²) in [6.07, 6.45) is -0.151. The van der Waals surface area contributed by atoms with Crippen molar-refractivity contribution in [3.05, 3.63) is 27.1 Å². The average Bonchev–Trinajstić information content (AvgIpc) is 2.19. The maximum atomic E-state index is 11.8. The number of anilines is 1. The van der Waals surface area contributed by atoms with E-state index in [9.17, 15) is 9.59 Å². The third-order valence-electron chi connectivity index (χ3n) is 2.22. The van der Waals surface area contributed by atoms with Crippen molar-refractivity contribution in [2.24, 2.45) is 0 Å². The zero-order chi connectivity index (χ0) is 14.6. The standard InChI is InChI=1S/C12H14Br2N2O3/c1-12(2,6-10(17)18)16-11(19)15-9-4-3-7(13)5-8(9)14/h3-5H,6H2,1-2H3,(H,17,18)(H2,15,16,19). The van der Waals surface area contributed by atoms with Crippen LogP contribution in [-0.4, -0.2) is 22.6 Å². The monoisotopic (exact) mass is 392 g/mol. The molecule has 2 amide bonds. The highest BCUT2D eigenvalue weighted by molar-refractivity contribution is 9.11. The second-order valence-electron chi connectivity index (χ2n) is 4.66. The summed E-state index contributed by atoms with van der Waals surface area (Å²) in [5.74, 6) is -0.963. The van der Waals surface area contributed by atoms with Crippen LogP contribution in [0, 0.1) is 0 Å². The molecule has 0 aliphatic rings. The van der Waals surface area contributed by atoms with Crippen molar-refractivity contribution in [2.75, 3.05) is 5.32 Å².